The summed E-state index contributed by atoms with van der Waals surface area (Å²) in [5.41, 5.74) is 11.2. The molecule has 1 amide bonds. The number of nitrogens with two attached hydrogens (primary N) is 1. The van der Waals surface area contributed by atoms with Crippen molar-refractivity contribution < 1.29 is 19.1 Å². The molecule has 1 aliphatic rings. The van der Waals surface area contributed by atoms with Gasteiger partial charge in [0.05, 0.1) is 6.04 Å². The number of benzene rings is 2. The van der Waals surface area contributed by atoms with Gasteiger partial charge < -0.3 is 20.1 Å². The lowest BCUT2D eigenvalue weighted by Crippen LogP contribution is -2.44. The number of nitrogens with zero attached hydrogens (tertiary/aromatic N) is 1. The Morgan fingerprint density at radius 2 is 1.93 bits per heavy atom. The van der Waals surface area contributed by atoms with Crippen molar-refractivity contribution in [1.29, 1.82) is 0 Å². The van der Waals surface area contributed by atoms with Crippen LogP contribution in [0.25, 0.3) is 0 Å². The standard InChI is InChI=1S/C23H26N2O4/c1-4-11-28-23(27)29-18-12-15(2)19(16(3)13-18)14-20(24)22(26)25-10-9-17-7-5-6-8-21(17)25/h4-8,12-13,20H,1,9-11,14,24H2,2-3H3/t20-/m1/s1. The highest BCUT2D eigenvalue weighted by molar-refractivity contribution is 5.99. The van der Waals surface area contributed by atoms with Crippen molar-refractivity contribution in [3.63, 3.8) is 0 Å². The van der Waals surface area contributed by atoms with Crippen LogP contribution in [0.15, 0.2) is 49.1 Å². The van der Waals surface area contributed by atoms with Crippen molar-refractivity contribution >= 4 is 17.7 Å². The molecule has 1 aliphatic heterocycles. The summed E-state index contributed by atoms with van der Waals surface area (Å²) in [6.07, 6.45) is 1.95. The first-order valence-electron chi connectivity index (χ1n) is 9.61. The van der Waals surface area contributed by atoms with E-state index >= 15 is 0 Å². The highest BCUT2D eigenvalue weighted by atomic mass is 16.7. The van der Waals surface area contributed by atoms with E-state index in [0.717, 1.165) is 28.8 Å². The van der Waals surface area contributed by atoms with Crippen LogP contribution >= 0.6 is 0 Å². The smallest absolute Gasteiger partial charge is 0.430 e. The van der Waals surface area contributed by atoms with E-state index in [1.54, 1.807) is 17.0 Å². The Kier molecular flexibility index (Phi) is 6.34. The van der Waals surface area contributed by atoms with E-state index in [-0.39, 0.29) is 12.5 Å². The fourth-order valence-corrected chi connectivity index (χ4v) is 3.66. The molecule has 0 aliphatic carbocycles. The third-order valence-corrected chi connectivity index (χ3v) is 5.08. The number of para-hydroxylation sites is 1. The summed E-state index contributed by atoms with van der Waals surface area (Å²) in [5, 5.41) is 0. The Balaban J connectivity index is 1.70. The van der Waals surface area contributed by atoms with Crippen LogP contribution in [0.2, 0.25) is 0 Å². The van der Waals surface area contributed by atoms with E-state index in [0.29, 0.717) is 18.7 Å². The van der Waals surface area contributed by atoms with E-state index in [2.05, 4.69) is 6.58 Å². The van der Waals surface area contributed by atoms with Gasteiger partial charge in [-0.1, -0.05) is 30.9 Å². The molecular formula is C23H26N2O4. The molecule has 1 atom stereocenters. The molecule has 0 saturated carbocycles. The normalized spacial score (nSPS) is 13.6. The molecule has 2 aromatic carbocycles. The topological polar surface area (TPSA) is 81.9 Å². The number of rotatable bonds is 6. The lowest BCUT2D eigenvalue weighted by atomic mass is 9.95. The van der Waals surface area contributed by atoms with Gasteiger partial charge in [-0.3, -0.25) is 4.79 Å². The van der Waals surface area contributed by atoms with Gasteiger partial charge >= 0.3 is 6.16 Å². The Hall–Kier alpha value is -3.12. The second-order valence-corrected chi connectivity index (χ2v) is 7.17. The van der Waals surface area contributed by atoms with E-state index in [9.17, 15) is 9.59 Å². The van der Waals surface area contributed by atoms with Crippen LogP contribution in [-0.4, -0.2) is 31.3 Å². The van der Waals surface area contributed by atoms with Crippen molar-refractivity contribution in [3.05, 3.63) is 71.3 Å². The summed E-state index contributed by atoms with van der Waals surface area (Å²) in [7, 11) is 0. The maximum atomic E-state index is 13.0. The van der Waals surface area contributed by atoms with Gasteiger partial charge in [0, 0.05) is 12.2 Å². The zero-order chi connectivity index (χ0) is 21.0. The number of hydrogen-bond donors (Lipinski definition) is 1. The predicted molar refractivity (Wildman–Crippen MR) is 112 cm³/mol. The van der Waals surface area contributed by atoms with E-state index in [4.69, 9.17) is 15.2 Å². The third-order valence-electron chi connectivity index (χ3n) is 5.08. The molecule has 6 heteroatoms. The van der Waals surface area contributed by atoms with Crippen LogP contribution in [-0.2, 0) is 22.4 Å². The minimum Gasteiger partial charge on any atom is -0.430 e. The quantitative estimate of drug-likeness (QED) is 0.461. The number of amides is 1. The lowest BCUT2D eigenvalue weighted by molar-refractivity contribution is -0.119. The van der Waals surface area contributed by atoms with Crippen LogP contribution in [0.4, 0.5) is 10.5 Å². The summed E-state index contributed by atoms with van der Waals surface area (Å²) >= 11 is 0. The molecule has 0 fully saturated rings. The number of hydrogen-bond acceptors (Lipinski definition) is 5. The summed E-state index contributed by atoms with van der Waals surface area (Å²) in [6, 6.07) is 10.8. The molecule has 152 valence electrons. The first-order chi connectivity index (χ1) is 13.9. The number of aryl methyl sites for hydroxylation is 2. The van der Waals surface area contributed by atoms with Crippen molar-refractivity contribution in [2.24, 2.45) is 5.73 Å². The molecule has 0 radical (unpaired) electrons. The summed E-state index contributed by atoms with van der Waals surface area (Å²) in [5.74, 6) is 0.313. The van der Waals surface area contributed by atoms with Crippen LogP contribution in [0.1, 0.15) is 22.3 Å². The van der Waals surface area contributed by atoms with Gasteiger partial charge in [0.25, 0.3) is 0 Å². The fourth-order valence-electron chi connectivity index (χ4n) is 3.66. The van der Waals surface area contributed by atoms with Gasteiger partial charge in [0.2, 0.25) is 5.91 Å². The third kappa shape index (κ3) is 4.66. The highest BCUT2D eigenvalue weighted by Gasteiger charge is 2.28. The highest BCUT2D eigenvalue weighted by Crippen LogP contribution is 2.29. The fraction of sp³-hybridized carbons (Fsp3) is 0.304. The van der Waals surface area contributed by atoms with Crippen molar-refractivity contribution in [1.82, 2.24) is 0 Å². The maximum Gasteiger partial charge on any atom is 0.514 e. The Labute approximate surface area is 170 Å². The molecular weight excluding hydrogens is 368 g/mol. The molecule has 1 heterocycles. The monoisotopic (exact) mass is 394 g/mol. The Morgan fingerprint density at radius 3 is 2.62 bits per heavy atom. The van der Waals surface area contributed by atoms with Crippen LogP contribution < -0.4 is 15.4 Å². The minimum absolute atomic E-state index is 0.0814. The summed E-state index contributed by atoms with van der Waals surface area (Å²) in [4.78, 5) is 26.4. The summed E-state index contributed by atoms with van der Waals surface area (Å²) in [6.45, 7) is 8.05. The number of ether oxygens (including phenoxy) is 2. The van der Waals surface area contributed by atoms with E-state index in [1.807, 2.05) is 38.1 Å². The van der Waals surface area contributed by atoms with Gasteiger partial charge in [-0.15, -0.1) is 0 Å². The molecule has 0 bridgehead atoms. The van der Waals surface area contributed by atoms with Crippen LogP contribution in [0.5, 0.6) is 5.75 Å². The van der Waals surface area contributed by atoms with Gasteiger partial charge in [0.1, 0.15) is 12.4 Å². The largest absolute Gasteiger partial charge is 0.514 e. The number of fused-ring (bicyclic) bond motifs is 1. The predicted octanol–water partition coefficient (Wildman–Crippen LogP) is 3.46. The molecule has 6 nitrogen and oxygen atoms in total. The number of carbonyl (C=O) groups excluding carboxylic acids is 2. The van der Waals surface area contributed by atoms with E-state index in [1.165, 1.54) is 11.6 Å². The van der Waals surface area contributed by atoms with Crippen molar-refractivity contribution in [2.45, 2.75) is 32.7 Å². The molecule has 0 saturated heterocycles. The van der Waals surface area contributed by atoms with Crippen molar-refractivity contribution in [3.8, 4) is 5.75 Å². The second-order valence-electron chi connectivity index (χ2n) is 7.17. The Bertz CT molecular complexity index is 915. The van der Waals surface area contributed by atoms with Gasteiger partial charge in [-0.05, 0) is 67.1 Å². The molecule has 29 heavy (non-hydrogen) atoms. The molecule has 3 rings (SSSR count). The zero-order valence-electron chi connectivity index (χ0n) is 16.8. The first kappa shape index (κ1) is 20.6. The average Bonchev–Trinajstić information content (AvgIpc) is 3.12. The molecule has 0 aromatic heterocycles. The molecule has 0 spiro atoms. The van der Waals surface area contributed by atoms with Gasteiger partial charge in [-0.25, -0.2) is 4.79 Å². The molecule has 2 aromatic rings. The van der Waals surface area contributed by atoms with Crippen LogP contribution in [0.3, 0.4) is 0 Å². The average molecular weight is 394 g/mol. The molecule has 0 unspecified atom stereocenters. The van der Waals surface area contributed by atoms with Crippen LogP contribution in [0, 0.1) is 13.8 Å². The number of carbonyl (C=O) groups is 2. The second kappa shape index (κ2) is 8.92. The van der Waals surface area contributed by atoms with Gasteiger partial charge in [0.15, 0.2) is 0 Å². The minimum atomic E-state index is -0.781. The number of anilines is 1. The summed E-state index contributed by atoms with van der Waals surface area (Å²) < 4.78 is 10.0. The van der Waals surface area contributed by atoms with Crippen molar-refractivity contribution in [2.75, 3.05) is 18.1 Å². The maximum absolute atomic E-state index is 13.0. The Morgan fingerprint density at radius 1 is 1.24 bits per heavy atom. The van der Waals surface area contributed by atoms with Gasteiger partial charge in [-0.2, -0.15) is 0 Å². The molecule has 2 N–H and O–H groups in total. The first-order valence-corrected chi connectivity index (χ1v) is 9.61. The SMILES string of the molecule is C=CCOC(=O)Oc1cc(C)c(C[C@@H](N)C(=O)N2CCc3ccccc32)c(C)c1. The zero-order valence-corrected chi connectivity index (χ0v) is 16.8. The van der Waals surface area contributed by atoms with E-state index < -0.39 is 12.2 Å². The lowest BCUT2D eigenvalue weighted by Gasteiger charge is -2.23.